The lowest BCUT2D eigenvalue weighted by Crippen LogP contribution is -2.22. The molecule has 2 aromatic rings. The lowest BCUT2D eigenvalue weighted by Gasteiger charge is -2.00. The number of H-pyrrole nitrogens is 1. The Balaban J connectivity index is 0.000000217. The van der Waals surface area contributed by atoms with E-state index in [1.165, 1.54) is 30.6 Å². The van der Waals surface area contributed by atoms with Gasteiger partial charge in [0.2, 0.25) is 5.56 Å². The van der Waals surface area contributed by atoms with Crippen LogP contribution >= 0.6 is 23.2 Å². The monoisotopic (exact) mass is 316 g/mol. The van der Waals surface area contributed by atoms with Gasteiger partial charge in [0.25, 0.3) is 5.56 Å². The predicted molar refractivity (Wildman–Crippen MR) is 75.4 cm³/mol. The lowest BCUT2D eigenvalue weighted by molar-refractivity contribution is -0.137. The van der Waals surface area contributed by atoms with Gasteiger partial charge in [-0.05, 0) is 12.1 Å². The van der Waals surface area contributed by atoms with Crippen molar-refractivity contribution in [3.05, 3.63) is 67.4 Å². The number of aliphatic carboxylic acids is 1. The third kappa shape index (κ3) is 5.73. The van der Waals surface area contributed by atoms with Crippen LogP contribution in [0.3, 0.4) is 0 Å². The van der Waals surface area contributed by atoms with Gasteiger partial charge < -0.3 is 14.7 Å². The standard InChI is InChI=1S/C7H6ClNO3.C5H4ClNO/c8-5-1-2-6(10)9(3-5)4-7(11)12;6-4-1-2-5(8)7-3-4/h1-3H,4H2,(H,11,12);1-3H,(H,7,8). The number of carboxylic acid groups (broad SMARTS) is 1. The van der Waals surface area contributed by atoms with Crippen LogP contribution in [-0.4, -0.2) is 20.6 Å². The van der Waals surface area contributed by atoms with E-state index < -0.39 is 5.97 Å². The highest BCUT2D eigenvalue weighted by molar-refractivity contribution is 6.30. The molecule has 2 N–H and O–H groups in total. The van der Waals surface area contributed by atoms with E-state index in [0.717, 1.165) is 4.57 Å². The van der Waals surface area contributed by atoms with Crippen molar-refractivity contribution in [3.8, 4) is 0 Å². The molecule has 0 spiro atoms. The first-order valence-corrected chi connectivity index (χ1v) is 6.06. The second-order valence-electron chi connectivity index (χ2n) is 3.58. The molecule has 106 valence electrons. The van der Waals surface area contributed by atoms with Crippen LogP contribution in [0.25, 0.3) is 0 Å². The fraction of sp³-hybridized carbons (Fsp3) is 0.0833. The Hall–Kier alpha value is -2.05. The molecule has 0 aliphatic heterocycles. The normalized spacial score (nSPS) is 9.50. The SMILES string of the molecule is O=C(O)Cn1cc(Cl)ccc1=O.O=c1ccc(Cl)c[nH]1. The van der Waals surface area contributed by atoms with E-state index in [1.807, 2.05) is 0 Å². The van der Waals surface area contributed by atoms with Crippen LogP contribution in [0.5, 0.6) is 0 Å². The highest BCUT2D eigenvalue weighted by Crippen LogP contribution is 2.02. The van der Waals surface area contributed by atoms with Crippen LogP contribution in [0.2, 0.25) is 10.0 Å². The maximum atomic E-state index is 10.9. The summed E-state index contributed by atoms with van der Waals surface area (Å²) in [4.78, 5) is 33.9. The molecule has 8 heteroatoms. The number of aromatic nitrogens is 2. The van der Waals surface area contributed by atoms with Crippen LogP contribution < -0.4 is 11.1 Å². The molecule has 0 aliphatic carbocycles. The number of nitrogens with one attached hydrogen (secondary N) is 1. The Morgan fingerprint density at radius 3 is 2.30 bits per heavy atom. The minimum absolute atomic E-state index is 0.130. The first-order chi connectivity index (χ1) is 9.38. The molecule has 6 nitrogen and oxygen atoms in total. The van der Waals surface area contributed by atoms with Crippen LogP contribution in [0, 0.1) is 0 Å². The van der Waals surface area contributed by atoms with Crippen molar-refractivity contribution in [2.75, 3.05) is 0 Å². The molecule has 0 unspecified atom stereocenters. The molecule has 0 amide bonds. The Labute approximate surface area is 123 Å². The Bertz CT molecular complexity index is 689. The highest BCUT2D eigenvalue weighted by atomic mass is 35.5. The summed E-state index contributed by atoms with van der Waals surface area (Å²) in [5.41, 5.74) is -0.504. The zero-order chi connectivity index (χ0) is 15.1. The number of rotatable bonds is 2. The minimum atomic E-state index is -1.07. The van der Waals surface area contributed by atoms with Crippen molar-refractivity contribution in [3.63, 3.8) is 0 Å². The minimum Gasteiger partial charge on any atom is -0.480 e. The van der Waals surface area contributed by atoms with Crippen molar-refractivity contribution in [2.24, 2.45) is 0 Å². The number of nitrogens with zero attached hydrogens (tertiary/aromatic N) is 1. The van der Waals surface area contributed by atoms with E-state index in [9.17, 15) is 14.4 Å². The zero-order valence-corrected chi connectivity index (χ0v) is 11.6. The van der Waals surface area contributed by atoms with Crippen molar-refractivity contribution in [1.82, 2.24) is 9.55 Å². The van der Waals surface area contributed by atoms with E-state index >= 15 is 0 Å². The molecule has 0 radical (unpaired) electrons. The third-order valence-corrected chi connectivity index (χ3v) is 2.46. The van der Waals surface area contributed by atoms with Gasteiger partial charge in [-0.25, -0.2) is 0 Å². The molecule has 2 rings (SSSR count). The molecular weight excluding hydrogens is 307 g/mol. The summed E-state index contributed by atoms with van der Waals surface area (Å²) in [5, 5.41) is 9.27. The largest absolute Gasteiger partial charge is 0.480 e. The first kappa shape index (κ1) is 16.0. The van der Waals surface area contributed by atoms with Gasteiger partial charge in [-0.1, -0.05) is 23.2 Å². The van der Waals surface area contributed by atoms with E-state index in [2.05, 4.69) is 4.98 Å². The average molecular weight is 317 g/mol. The van der Waals surface area contributed by atoms with Crippen molar-refractivity contribution in [2.45, 2.75) is 6.54 Å². The van der Waals surface area contributed by atoms with Gasteiger partial charge >= 0.3 is 5.97 Å². The summed E-state index contributed by atoms with van der Waals surface area (Å²) in [6.45, 7) is -0.362. The number of hydrogen-bond acceptors (Lipinski definition) is 3. The Kier molecular flexibility index (Phi) is 6.02. The van der Waals surface area contributed by atoms with Gasteiger partial charge in [-0.15, -0.1) is 0 Å². The summed E-state index contributed by atoms with van der Waals surface area (Å²) in [5.74, 6) is -1.07. The Morgan fingerprint density at radius 1 is 1.15 bits per heavy atom. The van der Waals surface area contributed by atoms with Crippen LogP contribution in [0.15, 0.2) is 46.2 Å². The summed E-state index contributed by atoms with van der Waals surface area (Å²) in [7, 11) is 0. The van der Waals surface area contributed by atoms with Gasteiger partial charge in [-0.2, -0.15) is 0 Å². The smallest absolute Gasteiger partial charge is 0.323 e. The quantitative estimate of drug-likeness (QED) is 0.880. The molecule has 0 aliphatic rings. The van der Waals surface area contributed by atoms with E-state index in [1.54, 1.807) is 6.07 Å². The summed E-state index contributed by atoms with van der Waals surface area (Å²) < 4.78 is 1.03. The number of aromatic amines is 1. The van der Waals surface area contributed by atoms with Crippen molar-refractivity contribution in [1.29, 1.82) is 0 Å². The second kappa shape index (κ2) is 7.52. The summed E-state index contributed by atoms with van der Waals surface area (Å²) in [6, 6.07) is 5.57. The molecule has 0 atom stereocenters. The fourth-order valence-electron chi connectivity index (χ4n) is 1.16. The summed E-state index contributed by atoms with van der Waals surface area (Å²) >= 11 is 11.0. The molecular formula is C12H10Cl2N2O4. The zero-order valence-electron chi connectivity index (χ0n) is 10.0. The molecule has 20 heavy (non-hydrogen) atoms. The fourth-order valence-corrected chi connectivity index (χ4v) is 1.46. The van der Waals surface area contributed by atoms with Gasteiger partial charge in [-0.3, -0.25) is 14.4 Å². The molecule has 0 bridgehead atoms. The second-order valence-corrected chi connectivity index (χ2v) is 4.45. The number of carboxylic acids is 1. The maximum absolute atomic E-state index is 10.9. The maximum Gasteiger partial charge on any atom is 0.323 e. The van der Waals surface area contributed by atoms with Crippen molar-refractivity contribution < 1.29 is 9.90 Å². The van der Waals surface area contributed by atoms with E-state index in [-0.39, 0.29) is 17.7 Å². The molecule has 0 saturated heterocycles. The van der Waals surface area contributed by atoms with Crippen LogP contribution in [0.1, 0.15) is 0 Å². The number of pyridine rings is 2. The van der Waals surface area contributed by atoms with Gasteiger partial charge in [0.05, 0.1) is 10.0 Å². The van der Waals surface area contributed by atoms with Crippen molar-refractivity contribution >= 4 is 29.2 Å². The first-order valence-electron chi connectivity index (χ1n) is 5.30. The van der Waals surface area contributed by atoms with Crippen LogP contribution in [-0.2, 0) is 11.3 Å². The number of hydrogen-bond donors (Lipinski definition) is 2. The number of halogens is 2. The molecule has 2 aromatic heterocycles. The highest BCUT2D eigenvalue weighted by Gasteiger charge is 2.01. The predicted octanol–water partition coefficient (Wildman–Crippen LogP) is 1.61. The lowest BCUT2D eigenvalue weighted by atomic mass is 10.4. The summed E-state index contributed by atoms with van der Waals surface area (Å²) in [6.07, 6.45) is 2.74. The third-order valence-electron chi connectivity index (χ3n) is 2.00. The van der Waals surface area contributed by atoms with Crippen LogP contribution in [0.4, 0.5) is 0 Å². The Morgan fingerprint density at radius 2 is 1.80 bits per heavy atom. The molecule has 0 fully saturated rings. The van der Waals surface area contributed by atoms with Gasteiger partial charge in [0.15, 0.2) is 0 Å². The molecule has 2 heterocycles. The van der Waals surface area contributed by atoms with E-state index in [0.29, 0.717) is 10.0 Å². The average Bonchev–Trinajstić information content (AvgIpc) is 2.38. The van der Waals surface area contributed by atoms with E-state index in [4.69, 9.17) is 28.3 Å². The van der Waals surface area contributed by atoms with Gasteiger partial charge in [0, 0.05) is 24.5 Å². The number of carbonyl (C=O) groups is 1. The molecule has 0 aromatic carbocycles. The van der Waals surface area contributed by atoms with Gasteiger partial charge in [0.1, 0.15) is 6.54 Å². The molecule has 0 saturated carbocycles. The topological polar surface area (TPSA) is 92.2 Å².